The van der Waals surface area contributed by atoms with Gasteiger partial charge in [-0.05, 0) is 31.2 Å². The van der Waals surface area contributed by atoms with Crippen molar-refractivity contribution in [3.63, 3.8) is 0 Å². The quantitative estimate of drug-likeness (QED) is 0.692. The first kappa shape index (κ1) is 15.7. The number of nitrogens with zero attached hydrogens (tertiary/aromatic N) is 2. The van der Waals surface area contributed by atoms with Gasteiger partial charge in [0.2, 0.25) is 0 Å². The van der Waals surface area contributed by atoms with E-state index in [9.17, 15) is 0 Å². The SMILES string of the molecule is C=CCN(CCOC)c1cc(CNC)cc(CC)n1. The number of hydrogen-bond acceptors (Lipinski definition) is 4. The van der Waals surface area contributed by atoms with E-state index < -0.39 is 0 Å². The van der Waals surface area contributed by atoms with Crippen molar-refractivity contribution in [1.82, 2.24) is 10.3 Å². The molecule has 0 saturated carbocycles. The van der Waals surface area contributed by atoms with E-state index in [1.807, 2.05) is 13.1 Å². The highest BCUT2D eigenvalue weighted by Crippen LogP contribution is 2.16. The fourth-order valence-electron chi connectivity index (χ4n) is 1.94. The summed E-state index contributed by atoms with van der Waals surface area (Å²) < 4.78 is 5.16. The molecule has 0 bridgehead atoms. The number of rotatable bonds is 9. The number of aromatic nitrogens is 1. The van der Waals surface area contributed by atoms with Crippen LogP contribution in [0.4, 0.5) is 5.82 Å². The zero-order chi connectivity index (χ0) is 14.1. The molecule has 0 saturated heterocycles. The smallest absolute Gasteiger partial charge is 0.129 e. The predicted molar refractivity (Wildman–Crippen MR) is 80.7 cm³/mol. The van der Waals surface area contributed by atoms with Crippen LogP contribution in [0.1, 0.15) is 18.2 Å². The average molecular weight is 263 g/mol. The Kier molecular flexibility index (Phi) is 7.15. The molecule has 4 heteroatoms. The molecule has 4 nitrogen and oxygen atoms in total. The van der Waals surface area contributed by atoms with Crippen molar-refractivity contribution in [1.29, 1.82) is 0 Å². The van der Waals surface area contributed by atoms with Gasteiger partial charge in [-0.25, -0.2) is 4.98 Å². The van der Waals surface area contributed by atoms with Crippen LogP contribution in [-0.2, 0) is 17.7 Å². The molecule has 106 valence electrons. The van der Waals surface area contributed by atoms with Crippen LogP contribution in [0.5, 0.6) is 0 Å². The Morgan fingerprint density at radius 3 is 2.84 bits per heavy atom. The molecule has 1 heterocycles. The topological polar surface area (TPSA) is 37.4 Å². The largest absolute Gasteiger partial charge is 0.383 e. The summed E-state index contributed by atoms with van der Waals surface area (Å²) in [4.78, 5) is 6.89. The fraction of sp³-hybridized carbons (Fsp3) is 0.533. The van der Waals surface area contributed by atoms with Crippen LogP contribution in [0, 0.1) is 0 Å². The first-order chi connectivity index (χ1) is 9.24. The van der Waals surface area contributed by atoms with E-state index in [4.69, 9.17) is 9.72 Å². The summed E-state index contributed by atoms with van der Waals surface area (Å²) in [7, 11) is 3.67. The van der Waals surface area contributed by atoms with Crippen molar-refractivity contribution in [2.24, 2.45) is 0 Å². The Bertz CT molecular complexity index is 393. The van der Waals surface area contributed by atoms with Crippen LogP contribution in [0.15, 0.2) is 24.8 Å². The van der Waals surface area contributed by atoms with Crippen LogP contribution in [0.3, 0.4) is 0 Å². The second-order valence-electron chi connectivity index (χ2n) is 4.44. The molecule has 1 aromatic rings. The van der Waals surface area contributed by atoms with E-state index in [-0.39, 0.29) is 0 Å². The predicted octanol–water partition coefficient (Wildman–Crippen LogP) is 2.00. The van der Waals surface area contributed by atoms with Crippen molar-refractivity contribution in [2.45, 2.75) is 19.9 Å². The number of nitrogens with one attached hydrogen (secondary N) is 1. The van der Waals surface area contributed by atoms with E-state index in [1.165, 1.54) is 5.56 Å². The summed E-state index contributed by atoms with van der Waals surface area (Å²) in [6.45, 7) is 9.09. The number of aryl methyl sites for hydroxylation is 1. The molecule has 1 rings (SSSR count). The molecule has 0 atom stereocenters. The Morgan fingerprint density at radius 1 is 1.47 bits per heavy atom. The molecule has 0 unspecified atom stereocenters. The van der Waals surface area contributed by atoms with E-state index in [2.05, 4.69) is 35.9 Å². The van der Waals surface area contributed by atoms with Crippen LogP contribution < -0.4 is 10.2 Å². The van der Waals surface area contributed by atoms with Gasteiger partial charge in [0, 0.05) is 32.4 Å². The van der Waals surface area contributed by atoms with Gasteiger partial charge in [0.25, 0.3) is 0 Å². The Labute approximate surface area is 116 Å². The molecule has 1 N–H and O–H groups in total. The van der Waals surface area contributed by atoms with E-state index in [0.29, 0.717) is 6.61 Å². The lowest BCUT2D eigenvalue weighted by Gasteiger charge is -2.23. The minimum atomic E-state index is 0.688. The van der Waals surface area contributed by atoms with Crippen LogP contribution in [0.25, 0.3) is 0 Å². The third-order valence-corrected chi connectivity index (χ3v) is 2.91. The summed E-state index contributed by atoms with van der Waals surface area (Å²) in [5, 5.41) is 3.19. The van der Waals surface area contributed by atoms with Crippen molar-refractivity contribution < 1.29 is 4.74 Å². The van der Waals surface area contributed by atoms with Gasteiger partial charge >= 0.3 is 0 Å². The van der Waals surface area contributed by atoms with Gasteiger partial charge in [-0.15, -0.1) is 6.58 Å². The van der Waals surface area contributed by atoms with Gasteiger partial charge in [0.1, 0.15) is 5.82 Å². The second kappa shape index (κ2) is 8.67. The summed E-state index contributed by atoms with van der Waals surface area (Å²) in [5.41, 5.74) is 2.38. The standard InChI is InChI=1S/C15H25N3O/c1-5-7-18(8-9-19-4)15-11-13(12-16-3)10-14(6-2)17-15/h5,10-11,16H,1,6-9,12H2,2-4H3. The van der Waals surface area contributed by atoms with E-state index in [1.54, 1.807) is 7.11 Å². The number of methoxy groups -OCH3 is 1. The van der Waals surface area contributed by atoms with Gasteiger partial charge in [0.05, 0.1) is 6.61 Å². The summed E-state index contributed by atoms with van der Waals surface area (Å²) >= 11 is 0. The van der Waals surface area contributed by atoms with Gasteiger partial charge in [-0.1, -0.05) is 13.0 Å². The molecule has 0 spiro atoms. The maximum atomic E-state index is 5.16. The number of anilines is 1. The second-order valence-corrected chi connectivity index (χ2v) is 4.44. The summed E-state index contributed by atoms with van der Waals surface area (Å²) in [6.07, 6.45) is 2.84. The first-order valence-electron chi connectivity index (χ1n) is 6.74. The highest BCUT2D eigenvalue weighted by molar-refractivity contribution is 5.43. The molecule has 1 aromatic heterocycles. The lowest BCUT2D eigenvalue weighted by atomic mass is 10.2. The molecule has 0 aliphatic carbocycles. The molecular formula is C15H25N3O. The van der Waals surface area contributed by atoms with Crippen molar-refractivity contribution in [2.75, 3.05) is 38.8 Å². The summed E-state index contributed by atoms with van der Waals surface area (Å²) in [6, 6.07) is 4.29. The summed E-state index contributed by atoms with van der Waals surface area (Å²) in [5.74, 6) is 1.00. The first-order valence-corrected chi connectivity index (χ1v) is 6.74. The van der Waals surface area contributed by atoms with Gasteiger partial charge in [0.15, 0.2) is 0 Å². The third kappa shape index (κ3) is 5.01. The highest BCUT2D eigenvalue weighted by atomic mass is 16.5. The normalized spacial score (nSPS) is 10.5. The lowest BCUT2D eigenvalue weighted by Crippen LogP contribution is -2.28. The number of ether oxygens (including phenoxy) is 1. The van der Waals surface area contributed by atoms with Crippen LogP contribution in [-0.4, -0.2) is 38.8 Å². The van der Waals surface area contributed by atoms with Crippen molar-refractivity contribution in [3.05, 3.63) is 36.0 Å². The molecule has 0 amide bonds. The molecule has 0 fully saturated rings. The highest BCUT2D eigenvalue weighted by Gasteiger charge is 2.09. The van der Waals surface area contributed by atoms with Gasteiger partial charge in [-0.3, -0.25) is 0 Å². The number of pyridine rings is 1. The van der Waals surface area contributed by atoms with Gasteiger partial charge < -0.3 is 15.0 Å². The Balaban J connectivity index is 2.98. The van der Waals surface area contributed by atoms with Crippen molar-refractivity contribution >= 4 is 5.82 Å². The van der Waals surface area contributed by atoms with Gasteiger partial charge in [-0.2, -0.15) is 0 Å². The maximum Gasteiger partial charge on any atom is 0.129 e. The van der Waals surface area contributed by atoms with E-state index >= 15 is 0 Å². The Morgan fingerprint density at radius 2 is 2.26 bits per heavy atom. The van der Waals surface area contributed by atoms with Crippen molar-refractivity contribution in [3.8, 4) is 0 Å². The zero-order valence-corrected chi connectivity index (χ0v) is 12.3. The minimum absolute atomic E-state index is 0.688. The fourth-order valence-corrected chi connectivity index (χ4v) is 1.94. The van der Waals surface area contributed by atoms with E-state index in [0.717, 1.165) is 37.6 Å². The van der Waals surface area contributed by atoms with Crippen LogP contribution in [0.2, 0.25) is 0 Å². The Hall–Kier alpha value is -1.39. The molecule has 0 aliphatic rings. The molecule has 0 aromatic carbocycles. The minimum Gasteiger partial charge on any atom is -0.383 e. The monoisotopic (exact) mass is 263 g/mol. The zero-order valence-electron chi connectivity index (χ0n) is 12.3. The average Bonchev–Trinajstić information content (AvgIpc) is 2.43. The third-order valence-electron chi connectivity index (χ3n) is 2.91. The molecule has 19 heavy (non-hydrogen) atoms. The lowest BCUT2D eigenvalue weighted by molar-refractivity contribution is 0.205. The maximum absolute atomic E-state index is 5.16. The molecular weight excluding hydrogens is 238 g/mol. The van der Waals surface area contributed by atoms with Crippen LogP contribution >= 0.6 is 0 Å². The molecule has 0 aliphatic heterocycles. The molecule has 0 radical (unpaired) electrons. The number of hydrogen-bond donors (Lipinski definition) is 1.